The SMILES string of the molecule is CCCCNc1cc(N2CCNC(C)C2)nc(C)n1. The highest BCUT2D eigenvalue weighted by molar-refractivity contribution is 5.49. The minimum absolute atomic E-state index is 0.514. The van der Waals surface area contributed by atoms with Gasteiger partial charge in [-0.2, -0.15) is 0 Å². The van der Waals surface area contributed by atoms with Crippen LogP contribution in [0.1, 0.15) is 32.5 Å². The molecular formula is C14H25N5. The number of hydrogen-bond donors (Lipinski definition) is 2. The summed E-state index contributed by atoms with van der Waals surface area (Å²) in [4.78, 5) is 11.4. The molecule has 0 amide bonds. The Hall–Kier alpha value is -1.36. The number of anilines is 2. The van der Waals surface area contributed by atoms with Crippen molar-refractivity contribution in [1.29, 1.82) is 0 Å². The van der Waals surface area contributed by atoms with Crippen LogP contribution >= 0.6 is 0 Å². The molecule has 1 fully saturated rings. The van der Waals surface area contributed by atoms with Crippen molar-refractivity contribution < 1.29 is 0 Å². The van der Waals surface area contributed by atoms with E-state index in [2.05, 4.69) is 45.4 Å². The summed E-state index contributed by atoms with van der Waals surface area (Å²) in [6, 6.07) is 2.58. The Morgan fingerprint density at radius 3 is 3.05 bits per heavy atom. The van der Waals surface area contributed by atoms with E-state index in [1.807, 2.05) is 6.92 Å². The van der Waals surface area contributed by atoms with Gasteiger partial charge in [0, 0.05) is 38.3 Å². The first kappa shape index (κ1) is 14.1. The first-order chi connectivity index (χ1) is 9.19. The molecule has 106 valence electrons. The molecule has 0 aliphatic carbocycles. The fourth-order valence-corrected chi connectivity index (χ4v) is 2.34. The van der Waals surface area contributed by atoms with Crippen molar-refractivity contribution in [1.82, 2.24) is 15.3 Å². The fourth-order valence-electron chi connectivity index (χ4n) is 2.34. The zero-order valence-corrected chi connectivity index (χ0v) is 12.2. The molecule has 0 radical (unpaired) electrons. The van der Waals surface area contributed by atoms with Gasteiger partial charge in [-0.25, -0.2) is 9.97 Å². The largest absolute Gasteiger partial charge is 0.370 e. The molecule has 2 heterocycles. The molecule has 1 atom stereocenters. The molecule has 1 aliphatic heterocycles. The standard InChI is InChI=1S/C14H25N5/c1-4-5-6-16-13-9-14(18-12(3)17-13)19-8-7-15-11(2)10-19/h9,11,15H,4-8,10H2,1-3H3,(H,16,17,18). The van der Waals surface area contributed by atoms with Crippen molar-refractivity contribution in [2.45, 2.75) is 39.7 Å². The van der Waals surface area contributed by atoms with Gasteiger partial charge in [0.15, 0.2) is 0 Å². The van der Waals surface area contributed by atoms with Gasteiger partial charge in [0.25, 0.3) is 0 Å². The van der Waals surface area contributed by atoms with E-state index in [9.17, 15) is 0 Å². The Kier molecular flexibility index (Phi) is 4.96. The van der Waals surface area contributed by atoms with Crippen LogP contribution in [0.15, 0.2) is 6.07 Å². The summed E-state index contributed by atoms with van der Waals surface area (Å²) in [5, 5.41) is 6.84. The molecule has 1 unspecified atom stereocenters. The molecule has 1 aromatic rings. The average molecular weight is 263 g/mol. The Morgan fingerprint density at radius 1 is 1.47 bits per heavy atom. The molecule has 0 spiro atoms. The summed E-state index contributed by atoms with van der Waals surface area (Å²) in [6.07, 6.45) is 2.36. The van der Waals surface area contributed by atoms with Crippen molar-refractivity contribution in [2.24, 2.45) is 0 Å². The van der Waals surface area contributed by atoms with Crippen LogP contribution in [0.4, 0.5) is 11.6 Å². The average Bonchev–Trinajstić information content (AvgIpc) is 2.38. The molecule has 0 saturated carbocycles. The first-order valence-electron chi connectivity index (χ1n) is 7.27. The summed E-state index contributed by atoms with van der Waals surface area (Å²) < 4.78 is 0. The third-order valence-corrected chi connectivity index (χ3v) is 3.35. The minimum Gasteiger partial charge on any atom is -0.370 e. The minimum atomic E-state index is 0.514. The van der Waals surface area contributed by atoms with Crippen molar-refractivity contribution >= 4 is 11.6 Å². The third-order valence-electron chi connectivity index (χ3n) is 3.35. The summed E-state index contributed by atoms with van der Waals surface area (Å²) in [5.41, 5.74) is 0. The lowest BCUT2D eigenvalue weighted by atomic mass is 10.2. The third kappa shape index (κ3) is 4.06. The van der Waals surface area contributed by atoms with Crippen LogP contribution in [0.2, 0.25) is 0 Å². The second-order valence-electron chi connectivity index (χ2n) is 5.24. The Morgan fingerprint density at radius 2 is 2.32 bits per heavy atom. The molecule has 1 aromatic heterocycles. The molecule has 1 saturated heterocycles. The van der Waals surface area contributed by atoms with E-state index in [-0.39, 0.29) is 0 Å². The zero-order chi connectivity index (χ0) is 13.7. The van der Waals surface area contributed by atoms with Crippen LogP contribution in [0, 0.1) is 6.92 Å². The van der Waals surface area contributed by atoms with Gasteiger partial charge in [0.05, 0.1) is 0 Å². The van der Waals surface area contributed by atoms with E-state index >= 15 is 0 Å². The van der Waals surface area contributed by atoms with E-state index in [1.165, 1.54) is 12.8 Å². The lowest BCUT2D eigenvalue weighted by Gasteiger charge is -2.33. The van der Waals surface area contributed by atoms with Gasteiger partial charge in [0.1, 0.15) is 17.5 Å². The highest BCUT2D eigenvalue weighted by atomic mass is 15.3. The summed E-state index contributed by atoms with van der Waals surface area (Å²) >= 11 is 0. The van der Waals surface area contributed by atoms with Gasteiger partial charge >= 0.3 is 0 Å². The Bertz CT molecular complexity index is 407. The molecule has 5 nitrogen and oxygen atoms in total. The normalized spacial score (nSPS) is 19.5. The van der Waals surface area contributed by atoms with Crippen molar-refractivity contribution in [2.75, 3.05) is 36.4 Å². The maximum absolute atomic E-state index is 4.57. The lowest BCUT2D eigenvalue weighted by Crippen LogP contribution is -2.49. The number of rotatable bonds is 5. The number of unbranched alkanes of at least 4 members (excludes halogenated alkanes) is 1. The first-order valence-corrected chi connectivity index (χ1v) is 7.27. The molecule has 2 N–H and O–H groups in total. The van der Waals surface area contributed by atoms with Crippen LogP contribution in [0.3, 0.4) is 0 Å². The maximum atomic E-state index is 4.57. The quantitative estimate of drug-likeness (QED) is 0.793. The van der Waals surface area contributed by atoms with Gasteiger partial charge in [-0.1, -0.05) is 13.3 Å². The Labute approximate surface area is 115 Å². The fraction of sp³-hybridized carbons (Fsp3) is 0.714. The van der Waals surface area contributed by atoms with Crippen LogP contribution < -0.4 is 15.5 Å². The van der Waals surface area contributed by atoms with Crippen molar-refractivity contribution in [3.63, 3.8) is 0 Å². The van der Waals surface area contributed by atoms with Crippen molar-refractivity contribution in [3.8, 4) is 0 Å². The second-order valence-corrected chi connectivity index (χ2v) is 5.24. The number of aromatic nitrogens is 2. The van der Waals surface area contributed by atoms with Crippen LogP contribution in [-0.2, 0) is 0 Å². The van der Waals surface area contributed by atoms with E-state index in [4.69, 9.17) is 0 Å². The second kappa shape index (κ2) is 6.70. The number of hydrogen-bond acceptors (Lipinski definition) is 5. The monoisotopic (exact) mass is 263 g/mol. The molecule has 19 heavy (non-hydrogen) atoms. The summed E-state index contributed by atoms with van der Waals surface area (Å²) in [6.45, 7) is 10.4. The zero-order valence-electron chi connectivity index (χ0n) is 12.2. The van der Waals surface area contributed by atoms with Crippen LogP contribution in [0.25, 0.3) is 0 Å². The van der Waals surface area contributed by atoms with Gasteiger partial charge < -0.3 is 15.5 Å². The van der Waals surface area contributed by atoms with Gasteiger partial charge in [-0.05, 0) is 20.3 Å². The maximum Gasteiger partial charge on any atom is 0.134 e. The van der Waals surface area contributed by atoms with Gasteiger partial charge in [0.2, 0.25) is 0 Å². The number of nitrogens with one attached hydrogen (secondary N) is 2. The van der Waals surface area contributed by atoms with E-state index in [1.54, 1.807) is 0 Å². The smallest absolute Gasteiger partial charge is 0.134 e. The molecule has 0 aromatic carbocycles. The van der Waals surface area contributed by atoms with Crippen LogP contribution in [-0.4, -0.2) is 42.2 Å². The van der Waals surface area contributed by atoms with Crippen LogP contribution in [0.5, 0.6) is 0 Å². The Balaban J connectivity index is 2.07. The summed E-state index contributed by atoms with van der Waals surface area (Å²) in [7, 11) is 0. The highest BCUT2D eigenvalue weighted by Gasteiger charge is 2.17. The van der Waals surface area contributed by atoms with E-state index in [0.717, 1.165) is 43.6 Å². The van der Waals surface area contributed by atoms with Gasteiger partial charge in [-0.3, -0.25) is 0 Å². The van der Waals surface area contributed by atoms with Crippen molar-refractivity contribution in [3.05, 3.63) is 11.9 Å². The number of aryl methyl sites for hydroxylation is 1. The topological polar surface area (TPSA) is 53.1 Å². The predicted octanol–water partition coefficient (Wildman–Crippen LogP) is 1.80. The molecule has 2 rings (SSSR count). The number of piperazine rings is 1. The summed E-state index contributed by atoms with van der Waals surface area (Å²) in [5.74, 6) is 2.82. The molecule has 5 heteroatoms. The highest BCUT2D eigenvalue weighted by Crippen LogP contribution is 2.17. The number of nitrogens with zero attached hydrogens (tertiary/aromatic N) is 3. The van der Waals surface area contributed by atoms with E-state index < -0.39 is 0 Å². The van der Waals surface area contributed by atoms with Gasteiger partial charge in [-0.15, -0.1) is 0 Å². The lowest BCUT2D eigenvalue weighted by molar-refractivity contribution is 0.482. The van der Waals surface area contributed by atoms with E-state index in [0.29, 0.717) is 6.04 Å². The molecule has 0 bridgehead atoms. The molecule has 1 aliphatic rings. The molecular weight excluding hydrogens is 238 g/mol. The predicted molar refractivity (Wildman–Crippen MR) is 79.8 cm³/mol.